The summed E-state index contributed by atoms with van der Waals surface area (Å²) in [6.07, 6.45) is -5.01. The molecule has 0 bridgehead atoms. The zero-order valence-corrected chi connectivity index (χ0v) is 12.5. The van der Waals surface area contributed by atoms with Gasteiger partial charge in [0.25, 0.3) is 5.78 Å². The van der Waals surface area contributed by atoms with Crippen molar-refractivity contribution in [3.05, 3.63) is 22.2 Å². The first-order valence-corrected chi connectivity index (χ1v) is 6.42. The zero-order valence-electron chi connectivity index (χ0n) is 11.0. The number of hydrazone groups is 1. The maximum Gasteiger partial charge on any atom is 0.455 e. The van der Waals surface area contributed by atoms with E-state index in [1.54, 1.807) is 13.8 Å². The minimum atomic E-state index is -4.97. The van der Waals surface area contributed by atoms with Gasteiger partial charge in [0.15, 0.2) is 0 Å². The number of carbonyl (C=O) groups is 1. The fourth-order valence-corrected chi connectivity index (χ4v) is 1.66. The highest BCUT2D eigenvalue weighted by molar-refractivity contribution is 6.37. The molecule has 0 unspecified atom stereocenters. The molecule has 0 aromatic heterocycles. The minimum Gasteiger partial charge on any atom is -0.489 e. The minimum absolute atomic E-state index is 0.118. The third-order valence-corrected chi connectivity index (χ3v) is 2.64. The third kappa shape index (κ3) is 5.43. The van der Waals surface area contributed by atoms with Crippen LogP contribution in [0.15, 0.2) is 17.2 Å². The number of halogens is 5. The van der Waals surface area contributed by atoms with Crippen LogP contribution in [-0.4, -0.2) is 24.3 Å². The van der Waals surface area contributed by atoms with Gasteiger partial charge in [-0.25, -0.2) is 0 Å². The third-order valence-electron chi connectivity index (χ3n) is 2.03. The van der Waals surface area contributed by atoms with Gasteiger partial charge in [-0.2, -0.15) is 18.3 Å². The van der Waals surface area contributed by atoms with Crippen molar-refractivity contribution in [2.45, 2.75) is 26.1 Å². The molecule has 21 heavy (non-hydrogen) atoms. The standard InChI is InChI=1S/C12H11Cl2F3N2O2/c1-6(2)21-10-4-9(7(13)3-8(10)14)19-18-5-11(20)12(15,16)17/h3-6,19H,1-2H3/b18-5+. The number of nitrogens with one attached hydrogen (secondary N) is 1. The number of alkyl halides is 3. The molecular weight excluding hydrogens is 332 g/mol. The van der Waals surface area contributed by atoms with E-state index in [4.69, 9.17) is 27.9 Å². The number of ether oxygens (including phenoxy) is 1. The van der Waals surface area contributed by atoms with Crippen molar-refractivity contribution < 1.29 is 22.7 Å². The van der Waals surface area contributed by atoms with Crippen molar-refractivity contribution in [1.29, 1.82) is 0 Å². The molecule has 0 saturated carbocycles. The summed E-state index contributed by atoms with van der Waals surface area (Å²) in [4.78, 5) is 10.6. The largest absolute Gasteiger partial charge is 0.489 e. The second-order valence-electron chi connectivity index (χ2n) is 4.16. The second kappa shape index (κ2) is 7.00. The maximum absolute atomic E-state index is 12.0. The lowest BCUT2D eigenvalue weighted by Gasteiger charge is -2.13. The second-order valence-corrected chi connectivity index (χ2v) is 4.98. The summed E-state index contributed by atoms with van der Waals surface area (Å²) in [5, 5.41) is 3.55. The first-order chi connectivity index (χ1) is 9.61. The molecule has 4 nitrogen and oxygen atoms in total. The van der Waals surface area contributed by atoms with E-state index in [0.717, 1.165) is 0 Å². The van der Waals surface area contributed by atoms with E-state index in [1.807, 2.05) is 0 Å². The van der Waals surface area contributed by atoms with Crippen molar-refractivity contribution in [3.63, 3.8) is 0 Å². The Labute approximate surface area is 128 Å². The Kier molecular flexibility index (Phi) is 5.86. The Morgan fingerprint density at radius 1 is 1.33 bits per heavy atom. The van der Waals surface area contributed by atoms with Gasteiger partial charge < -0.3 is 4.74 Å². The molecule has 0 aliphatic carbocycles. The van der Waals surface area contributed by atoms with Crippen LogP contribution in [0, 0.1) is 0 Å². The van der Waals surface area contributed by atoms with Crippen LogP contribution in [0.3, 0.4) is 0 Å². The van der Waals surface area contributed by atoms with Crippen LogP contribution < -0.4 is 10.2 Å². The molecule has 0 radical (unpaired) electrons. The van der Waals surface area contributed by atoms with Crippen molar-refractivity contribution in [2.24, 2.45) is 5.10 Å². The van der Waals surface area contributed by atoms with Gasteiger partial charge in [0.2, 0.25) is 0 Å². The lowest BCUT2D eigenvalue weighted by molar-refractivity contribution is -0.162. The van der Waals surface area contributed by atoms with Crippen LogP contribution in [-0.2, 0) is 4.79 Å². The van der Waals surface area contributed by atoms with E-state index >= 15 is 0 Å². The molecule has 9 heteroatoms. The Balaban J connectivity index is 2.89. The highest BCUT2D eigenvalue weighted by Gasteiger charge is 2.36. The van der Waals surface area contributed by atoms with Gasteiger partial charge in [-0.15, -0.1) is 0 Å². The number of hydrogen-bond donors (Lipinski definition) is 1. The summed E-state index contributed by atoms with van der Waals surface area (Å²) < 4.78 is 41.3. The molecule has 116 valence electrons. The van der Waals surface area contributed by atoms with Crippen molar-refractivity contribution in [1.82, 2.24) is 0 Å². The van der Waals surface area contributed by atoms with E-state index < -0.39 is 12.0 Å². The number of carbonyl (C=O) groups excluding carboxylic acids is 1. The molecule has 0 aliphatic rings. The van der Waals surface area contributed by atoms with Crippen LogP contribution in [0.5, 0.6) is 5.75 Å². The smallest absolute Gasteiger partial charge is 0.455 e. The summed E-state index contributed by atoms with van der Waals surface area (Å²) in [6.45, 7) is 3.55. The van der Waals surface area contributed by atoms with Crippen LogP contribution in [0.25, 0.3) is 0 Å². The summed E-state index contributed by atoms with van der Waals surface area (Å²) >= 11 is 11.8. The first kappa shape index (κ1) is 17.6. The molecule has 0 aliphatic heterocycles. The summed E-state index contributed by atoms with van der Waals surface area (Å²) in [6, 6.07) is 2.73. The number of Topliss-reactive ketones (excluding diaryl/α,β-unsaturated/α-hetero) is 1. The predicted molar refractivity (Wildman–Crippen MR) is 75.4 cm³/mol. The molecule has 0 spiro atoms. The predicted octanol–water partition coefficient (Wildman–Crippen LogP) is 4.31. The van der Waals surface area contributed by atoms with Gasteiger partial charge in [0.05, 0.1) is 28.1 Å². The maximum atomic E-state index is 12.0. The topological polar surface area (TPSA) is 50.7 Å². The van der Waals surface area contributed by atoms with Crippen molar-refractivity contribution in [2.75, 3.05) is 5.43 Å². The van der Waals surface area contributed by atoms with Crippen LogP contribution in [0.1, 0.15) is 13.8 Å². The molecule has 0 fully saturated rings. The highest BCUT2D eigenvalue weighted by atomic mass is 35.5. The van der Waals surface area contributed by atoms with Gasteiger partial charge in [-0.05, 0) is 19.9 Å². The Morgan fingerprint density at radius 3 is 2.48 bits per heavy atom. The number of benzene rings is 1. The fourth-order valence-electron chi connectivity index (χ4n) is 1.19. The quantitative estimate of drug-likeness (QED) is 0.640. The molecule has 0 amide bonds. The normalized spacial score (nSPS) is 12.0. The van der Waals surface area contributed by atoms with E-state index in [-0.39, 0.29) is 33.8 Å². The van der Waals surface area contributed by atoms with Crippen LogP contribution >= 0.6 is 23.2 Å². The molecule has 1 N–H and O–H groups in total. The summed E-state index contributed by atoms with van der Waals surface area (Å²) in [7, 11) is 0. The zero-order chi connectivity index (χ0) is 16.2. The Bertz CT molecular complexity index is 560. The number of anilines is 1. The SMILES string of the molecule is CC(C)Oc1cc(N/N=C/C(=O)C(F)(F)F)c(Cl)cc1Cl. The van der Waals surface area contributed by atoms with E-state index in [2.05, 4.69) is 10.5 Å². The molecular formula is C12H11Cl2F3N2O2. The Hall–Kier alpha value is -1.47. The molecule has 0 heterocycles. The average Bonchev–Trinajstić information content (AvgIpc) is 2.32. The van der Waals surface area contributed by atoms with Gasteiger partial charge >= 0.3 is 6.18 Å². The number of ketones is 1. The van der Waals surface area contributed by atoms with Crippen LogP contribution in [0.4, 0.5) is 18.9 Å². The fraction of sp³-hybridized carbons (Fsp3) is 0.333. The molecule has 0 atom stereocenters. The lowest BCUT2D eigenvalue weighted by atomic mass is 10.3. The lowest BCUT2D eigenvalue weighted by Crippen LogP contribution is -2.23. The molecule has 1 aromatic carbocycles. The molecule has 0 saturated heterocycles. The Morgan fingerprint density at radius 2 is 1.95 bits per heavy atom. The first-order valence-electron chi connectivity index (χ1n) is 5.67. The van der Waals surface area contributed by atoms with E-state index in [9.17, 15) is 18.0 Å². The van der Waals surface area contributed by atoms with Crippen molar-refractivity contribution in [3.8, 4) is 5.75 Å². The summed E-state index contributed by atoms with van der Waals surface area (Å²) in [5.41, 5.74) is 2.39. The molecule has 1 rings (SSSR count). The van der Waals surface area contributed by atoms with Gasteiger partial charge in [-0.3, -0.25) is 10.2 Å². The summed E-state index contributed by atoms with van der Waals surface area (Å²) in [5.74, 6) is -1.80. The number of rotatable bonds is 5. The molecule has 1 aromatic rings. The van der Waals surface area contributed by atoms with Gasteiger partial charge in [-0.1, -0.05) is 23.2 Å². The van der Waals surface area contributed by atoms with Gasteiger partial charge in [0.1, 0.15) is 5.75 Å². The average molecular weight is 343 g/mol. The number of hydrogen-bond acceptors (Lipinski definition) is 4. The van der Waals surface area contributed by atoms with E-state index in [0.29, 0.717) is 0 Å². The number of nitrogens with zero attached hydrogens (tertiary/aromatic N) is 1. The van der Waals surface area contributed by atoms with E-state index in [1.165, 1.54) is 12.1 Å². The monoisotopic (exact) mass is 342 g/mol. The van der Waals surface area contributed by atoms with Crippen molar-refractivity contribution >= 4 is 40.9 Å². The highest BCUT2D eigenvalue weighted by Crippen LogP contribution is 2.34. The van der Waals surface area contributed by atoms with Crippen LogP contribution in [0.2, 0.25) is 10.0 Å². The van der Waals surface area contributed by atoms with Gasteiger partial charge in [0, 0.05) is 6.07 Å².